The van der Waals surface area contributed by atoms with Crippen LogP contribution in [0.15, 0.2) is 122 Å². The number of quaternary nitrogens is 1. The number of rotatable bonds is 57. The second kappa shape index (κ2) is 58.6. The Morgan fingerprint density at radius 1 is 0.449 bits per heavy atom. The number of carbonyl (C=O) groups is 1. The molecule has 0 rings (SSSR count). The summed E-state index contributed by atoms with van der Waals surface area (Å²) in [5, 5.41) is 14.1. The normalized spacial score (nSPS) is 14.6. The van der Waals surface area contributed by atoms with Crippen molar-refractivity contribution in [2.75, 3.05) is 40.9 Å². The van der Waals surface area contributed by atoms with E-state index in [1.54, 1.807) is 0 Å². The van der Waals surface area contributed by atoms with Gasteiger partial charge in [0.15, 0.2) is 0 Å². The number of hydrogen-bond acceptors (Lipinski definition) is 5. The van der Waals surface area contributed by atoms with Crippen LogP contribution in [0.2, 0.25) is 0 Å². The Morgan fingerprint density at radius 3 is 1.13 bits per heavy atom. The highest BCUT2D eigenvalue weighted by Crippen LogP contribution is 2.43. The molecule has 8 nitrogen and oxygen atoms in total. The van der Waals surface area contributed by atoms with E-state index in [1.807, 2.05) is 21.1 Å². The molecule has 448 valence electrons. The smallest absolute Gasteiger partial charge is 0.391 e. The molecule has 0 aliphatic heterocycles. The number of aliphatic hydroxyl groups excluding tert-OH is 1. The zero-order chi connectivity index (χ0) is 57.0. The lowest BCUT2D eigenvalue weighted by Crippen LogP contribution is -2.46. The molecule has 0 saturated heterocycles. The van der Waals surface area contributed by atoms with Gasteiger partial charge in [-0.2, -0.15) is 0 Å². The van der Waals surface area contributed by atoms with E-state index < -0.39 is 20.0 Å². The number of nitrogens with one attached hydrogen (secondary N) is 1. The van der Waals surface area contributed by atoms with Crippen LogP contribution in [0.5, 0.6) is 0 Å². The highest BCUT2D eigenvalue weighted by Gasteiger charge is 2.28. The molecule has 3 N–H and O–H groups in total. The van der Waals surface area contributed by atoms with Gasteiger partial charge < -0.3 is 19.8 Å². The summed E-state index contributed by atoms with van der Waals surface area (Å²) in [4.78, 5) is 23.4. The van der Waals surface area contributed by atoms with Gasteiger partial charge in [0.2, 0.25) is 5.91 Å². The third-order valence-corrected chi connectivity index (χ3v) is 14.7. The van der Waals surface area contributed by atoms with Crippen molar-refractivity contribution in [1.82, 2.24) is 5.32 Å². The lowest BCUT2D eigenvalue weighted by molar-refractivity contribution is -0.870. The minimum absolute atomic E-state index is 0.0677. The van der Waals surface area contributed by atoms with Crippen LogP contribution in [0, 0.1) is 0 Å². The Bertz CT molecular complexity index is 1680. The zero-order valence-corrected chi connectivity index (χ0v) is 52.0. The Kier molecular flexibility index (Phi) is 56.2. The summed E-state index contributed by atoms with van der Waals surface area (Å²) in [5.41, 5.74) is 0. The summed E-state index contributed by atoms with van der Waals surface area (Å²) in [6.45, 7) is 4.77. The standard InChI is InChI=1S/C69H121N2O6P/c1-6-8-10-12-14-16-18-20-22-24-25-26-27-28-29-30-31-32-33-34-35-36-37-38-39-40-41-42-43-44-45-47-49-51-53-55-57-59-61-63-69(73)70-67(66-77-78(74,75)76-65-64-71(3,4)5)68(72)62-60-58-56-54-52-50-48-46-23-21-19-17-15-13-11-9-7-2/h8,10,14,16,20,22,25-26,28-29,31-32,34-35,37-38,40-41,43-44,67-68,72H,6-7,9,11-13,15,17-19,21,23-24,27,30,33,36,39,42,45-66H2,1-5H3,(H-,70,73,74,75)/p+1/b10-8-,16-14-,22-20-,26-25-,29-28-,32-31-,35-34-,38-37-,41-40-,44-43-. The van der Waals surface area contributed by atoms with E-state index in [-0.39, 0.29) is 19.1 Å². The number of carbonyl (C=O) groups excluding carboxylic acids is 1. The molecule has 0 aliphatic rings. The Balaban J connectivity index is 4.12. The summed E-state index contributed by atoms with van der Waals surface area (Å²) in [7, 11) is 1.60. The van der Waals surface area contributed by atoms with Crippen molar-refractivity contribution in [1.29, 1.82) is 0 Å². The molecule has 0 spiro atoms. The van der Waals surface area contributed by atoms with Crippen LogP contribution in [0.25, 0.3) is 0 Å². The predicted octanol–water partition coefficient (Wildman–Crippen LogP) is 20.1. The van der Waals surface area contributed by atoms with Crippen molar-refractivity contribution in [3.63, 3.8) is 0 Å². The molecule has 78 heavy (non-hydrogen) atoms. The van der Waals surface area contributed by atoms with Crippen LogP contribution >= 0.6 is 7.82 Å². The van der Waals surface area contributed by atoms with Crippen LogP contribution in [-0.4, -0.2) is 73.4 Å². The van der Waals surface area contributed by atoms with E-state index in [0.717, 1.165) is 109 Å². The highest BCUT2D eigenvalue weighted by atomic mass is 31.2. The average molecular weight is 1110 g/mol. The average Bonchev–Trinajstić information content (AvgIpc) is 3.40. The molecule has 0 saturated carbocycles. The molecule has 0 fully saturated rings. The quantitative estimate of drug-likeness (QED) is 0.0243. The molecular formula is C69H122N2O6P+. The van der Waals surface area contributed by atoms with Gasteiger partial charge in [0.1, 0.15) is 13.2 Å². The lowest BCUT2D eigenvalue weighted by atomic mass is 10.0. The van der Waals surface area contributed by atoms with E-state index in [4.69, 9.17) is 9.05 Å². The minimum Gasteiger partial charge on any atom is -0.391 e. The van der Waals surface area contributed by atoms with E-state index >= 15 is 0 Å². The molecule has 3 unspecified atom stereocenters. The van der Waals surface area contributed by atoms with Crippen LogP contribution < -0.4 is 5.32 Å². The predicted molar refractivity (Wildman–Crippen MR) is 341 cm³/mol. The van der Waals surface area contributed by atoms with Gasteiger partial charge in [0.25, 0.3) is 0 Å². The van der Waals surface area contributed by atoms with Crippen LogP contribution in [0.1, 0.15) is 258 Å². The maximum Gasteiger partial charge on any atom is 0.472 e. The Morgan fingerprint density at radius 2 is 0.769 bits per heavy atom. The molecular weight excluding hydrogens is 984 g/mol. The molecule has 0 aromatic heterocycles. The molecule has 9 heteroatoms. The molecule has 0 aromatic rings. The highest BCUT2D eigenvalue weighted by molar-refractivity contribution is 7.47. The third kappa shape index (κ3) is 60.5. The maximum atomic E-state index is 13.0. The topological polar surface area (TPSA) is 105 Å². The third-order valence-electron chi connectivity index (χ3n) is 13.7. The molecule has 0 heterocycles. The number of unbranched alkanes of at least 4 members (excludes halogenated alkanes) is 24. The lowest BCUT2D eigenvalue weighted by Gasteiger charge is -2.26. The molecule has 0 aromatic carbocycles. The molecule has 0 bridgehead atoms. The fourth-order valence-electron chi connectivity index (χ4n) is 8.78. The number of phosphoric acid groups is 1. The van der Waals surface area contributed by atoms with Gasteiger partial charge in [-0.15, -0.1) is 0 Å². The van der Waals surface area contributed by atoms with Crippen molar-refractivity contribution >= 4 is 13.7 Å². The van der Waals surface area contributed by atoms with Gasteiger partial charge in [-0.1, -0.05) is 283 Å². The van der Waals surface area contributed by atoms with Gasteiger partial charge in [-0.05, 0) is 89.9 Å². The van der Waals surface area contributed by atoms with Crippen molar-refractivity contribution in [3.05, 3.63) is 122 Å². The van der Waals surface area contributed by atoms with E-state index in [9.17, 15) is 19.4 Å². The number of aliphatic hydroxyl groups is 1. The fraction of sp³-hybridized carbons (Fsp3) is 0.696. The number of nitrogens with zero attached hydrogens (tertiary/aromatic N) is 1. The second-order valence-electron chi connectivity index (χ2n) is 22.4. The summed E-state index contributed by atoms with van der Waals surface area (Å²) in [6.07, 6.45) is 86.9. The number of amides is 1. The fourth-order valence-corrected chi connectivity index (χ4v) is 9.52. The van der Waals surface area contributed by atoms with Crippen molar-refractivity contribution in [3.8, 4) is 0 Å². The first-order chi connectivity index (χ1) is 38.0. The molecule has 0 radical (unpaired) electrons. The molecule has 0 aliphatic carbocycles. The summed E-state index contributed by atoms with van der Waals surface area (Å²) < 4.78 is 23.8. The number of allylic oxidation sites excluding steroid dienone is 20. The van der Waals surface area contributed by atoms with Crippen LogP contribution in [-0.2, 0) is 18.4 Å². The number of phosphoric ester groups is 1. The summed E-state index contributed by atoms with van der Waals surface area (Å²) >= 11 is 0. The summed E-state index contributed by atoms with van der Waals surface area (Å²) in [5.74, 6) is -0.156. The molecule has 1 amide bonds. The number of likely N-dealkylation sites (N-methyl/N-ethyl adjacent to an activating group) is 1. The van der Waals surface area contributed by atoms with E-state index in [0.29, 0.717) is 23.9 Å². The van der Waals surface area contributed by atoms with Gasteiger partial charge in [0.05, 0.1) is 39.9 Å². The SMILES string of the molecule is CC/C=C\C/C=C\C/C=C\C/C=C\C/C=C\C/C=C\C/C=C\C/C=C\C/C=C\C/C=C\CCCCCCCCCCC(=O)NC(COP(=O)(O)OCC[N+](C)(C)C)C(O)CCCCCCCCCCCCCCCCCCC. The van der Waals surface area contributed by atoms with Crippen LogP contribution in [0.3, 0.4) is 0 Å². The van der Waals surface area contributed by atoms with Gasteiger partial charge in [-0.3, -0.25) is 13.8 Å². The van der Waals surface area contributed by atoms with E-state index in [1.165, 1.54) is 122 Å². The zero-order valence-electron chi connectivity index (χ0n) is 51.1. The monoisotopic (exact) mass is 1110 g/mol. The van der Waals surface area contributed by atoms with E-state index in [2.05, 4.69) is 141 Å². The molecule has 3 atom stereocenters. The minimum atomic E-state index is -4.33. The van der Waals surface area contributed by atoms with Gasteiger partial charge in [-0.25, -0.2) is 4.57 Å². The number of hydrogen-bond donors (Lipinski definition) is 3. The first-order valence-electron chi connectivity index (χ1n) is 31.9. The van der Waals surface area contributed by atoms with Crippen molar-refractivity contribution < 1.29 is 32.9 Å². The van der Waals surface area contributed by atoms with Gasteiger partial charge >= 0.3 is 7.82 Å². The first-order valence-corrected chi connectivity index (χ1v) is 33.4. The Labute approximate surface area is 482 Å². The largest absolute Gasteiger partial charge is 0.472 e. The van der Waals surface area contributed by atoms with Crippen LogP contribution in [0.4, 0.5) is 0 Å². The second-order valence-corrected chi connectivity index (χ2v) is 23.9. The van der Waals surface area contributed by atoms with Crippen molar-refractivity contribution in [2.24, 2.45) is 0 Å². The summed E-state index contributed by atoms with van der Waals surface area (Å²) in [6, 6.07) is -0.774. The first kappa shape index (κ1) is 74.9. The maximum absolute atomic E-state index is 13.0. The Hall–Kier alpha value is -3.10. The van der Waals surface area contributed by atoms with Crippen molar-refractivity contribution in [2.45, 2.75) is 270 Å². The van der Waals surface area contributed by atoms with Gasteiger partial charge in [0, 0.05) is 6.42 Å².